The summed E-state index contributed by atoms with van der Waals surface area (Å²) in [6.45, 7) is -3.87. The molecule has 142 valence electrons. The average molecular weight is 399 g/mol. The Morgan fingerprint density at radius 1 is 1.00 bits per heavy atom. The lowest BCUT2D eigenvalue weighted by atomic mass is 10.2. The van der Waals surface area contributed by atoms with Gasteiger partial charge >= 0.3 is 12.6 Å². The highest BCUT2D eigenvalue weighted by Gasteiger charge is 2.18. The molecule has 0 fully saturated rings. The molecule has 2 rings (SSSR count). The molecule has 0 radical (unpaired) electrons. The van der Waals surface area contributed by atoms with E-state index in [1.807, 2.05) is 5.43 Å². The standard InChI is InChI=1S/C17H13ClF2N2O5/c18-11-7-5-10(6-8-11)15(24)22-21-14(23)9-26-16(25)12-3-1-2-4-13(12)27-17(19)20/h1-8,17H,9H2,(H,21,23)(H,22,24). The third-order valence-electron chi connectivity index (χ3n) is 3.08. The van der Waals surface area contributed by atoms with Crippen LogP contribution in [0.3, 0.4) is 0 Å². The minimum atomic E-state index is -3.12. The number of alkyl halides is 2. The molecule has 0 aromatic heterocycles. The lowest BCUT2D eigenvalue weighted by Crippen LogP contribution is -2.43. The number of carbonyl (C=O) groups excluding carboxylic acids is 3. The maximum absolute atomic E-state index is 12.3. The van der Waals surface area contributed by atoms with E-state index in [0.29, 0.717) is 5.02 Å². The molecule has 2 aromatic carbocycles. The smallest absolute Gasteiger partial charge is 0.387 e. The minimum absolute atomic E-state index is 0.245. The zero-order chi connectivity index (χ0) is 19.8. The van der Waals surface area contributed by atoms with Gasteiger partial charge in [0, 0.05) is 10.6 Å². The summed E-state index contributed by atoms with van der Waals surface area (Å²) in [6.07, 6.45) is 0. The van der Waals surface area contributed by atoms with Gasteiger partial charge in [0.1, 0.15) is 11.3 Å². The number of ether oxygens (including phenoxy) is 2. The molecule has 0 bridgehead atoms. The largest absolute Gasteiger partial charge is 0.452 e. The Morgan fingerprint density at radius 2 is 1.67 bits per heavy atom. The van der Waals surface area contributed by atoms with Crippen LogP contribution < -0.4 is 15.6 Å². The predicted molar refractivity (Wildman–Crippen MR) is 90.4 cm³/mol. The topological polar surface area (TPSA) is 93.7 Å². The molecular weight excluding hydrogens is 386 g/mol. The first kappa shape index (κ1) is 20.1. The molecule has 0 aliphatic carbocycles. The highest BCUT2D eigenvalue weighted by atomic mass is 35.5. The van der Waals surface area contributed by atoms with Crippen molar-refractivity contribution in [1.82, 2.24) is 10.9 Å². The van der Waals surface area contributed by atoms with Crippen LogP contribution in [0.1, 0.15) is 20.7 Å². The van der Waals surface area contributed by atoms with Crippen molar-refractivity contribution in [3.05, 3.63) is 64.7 Å². The van der Waals surface area contributed by atoms with E-state index in [4.69, 9.17) is 16.3 Å². The molecule has 0 saturated heterocycles. The first-order valence-corrected chi connectivity index (χ1v) is 7.80. The zero-order valence-electron chi connectivity index (χ0n) is 13.6. The van der Waals surface area contributed by atoms with E-state index in [0.717, 1.165) is 6.07 Å². The first-order valence-electron chi connectivity index (χ1n) is 7.42. The van der Waals surface area contributed by atoms with Crippen LogP contribution in [0.25, 0.3) is 0 Å². The van der Waals surface area contributed by atoms with Gasteiger partial charge in [-0.2, -0.15) is 8.78 Å². The van der Waals surface area contributed by atoms with Gasteiger partial charge in [-0.15, -0.1) is 0 Å². The summed E-state index contributed by atoms with van der Waals surface area (Å²) < 4.78 is 33.6. The zero-order valence-corrected chi connectivity index (χ0v) is 14.3. The van der Waals surface area contributed by atoms with Crippen molar-refractivity contribution in [3.8, 4) is 5.75 Å². The van der Waals surface area contributed by atoms with Crippen molar-refractivity contribution in [1.29, 1.82) is 0 Å². The number of carbonyl (C=O) groups is 3. The molecule has 0 aliphatic heterocycles. The first-order chi connectivity index (χ1) is 12.9. The molecule has 0 atom stereocenters. The molecule has 27 heavy (non-hydrogen) atoms. The fraction of sp³-hybridized carbons (Fsp3) is 0.118. The maximum atomic E-state index is 12.3. The number of amides is 2. The van der Waals surface area contributed by atoms with Crippen LogP contribution in [0.4, 0.5) is 8.78 Å². The van der Waals surface area contributed by atoms with Crippen molar-refractivity contribution < 1.29 is 32.6 Å². The lowest BCUT2D eigenvalue weighted by Gasteiger charge is -2.11. The second-order valence-electron chi connectivity index (χ2n) is 4.96. The summed E-state index contributed by atoms with van der Waals surface area (Å²) in [5, 5.41) is 0.443. The van der Waals surface area contributed by atoms with Gasteiger partial charge in [-0.1, -0.05) is 23.7 Å². The second kappa shape index (κ2) is 9.48. The third kappa shape index (κ3) is 6.23. The molecule has 0 heterocycles. The molecule has 0 unspecified atom stereocenters. The van der Waals surface area contributed by atoms with Crippen LogP contribution in [0, 0.1) is 0 Å². The Hall–Kier alpha value is -3.20. The number of halogens is 3. The van der Waals surface area contributed by atoms with Crippen LogP contribution in [0.15, 0.2) is 48.5 Å². The Kier molecular flexibility index (Phi) is 7.07. The van der Waals surface area contributed by atoms with E-state index < -0.39 is 31.0 Å². The number of hydrazine groups is 1. The van der Waals surface area contributed by atoms with Gasteiger partial charge in [-0.25, -0.2) is 4.79 Å². The number of para-hydroxylation sites is 1. The van der Waals surface area contributed by atoms with Gasteiger partial charge in [0.2, 0.25) is 0 Å². The highest BCUT2D eigenvalue weighted by Crippen LogP contribution is 2.21. The van der Waals surface area contributed by atoms with Gasteiger partial charge in [-0.05, 0) is 36.4 Å². The fourth-order valence-electron chi connectivity index (χ4n) is 1.88. The Morgan fingerprint density at radius 3 is 2.33 bits per heavy atom. The average Bonchev–Trinajstić information content (AvgIpc) is 2.64. The monoisotopic (exact) mass is 398 g/mol. The molecule has 2 amide bonds. The molecule has 0 aliphatic rings. The fourth-order valence-corrected chi connectivity index (χ4v) is 2.00. The Bertz CT molecular complexity index is 830. The quantitative estimate of drug-likeness (QED) is 0.576. The van der Waals surface area contributed by atoms with Crippen molar-refractivity contribution in [2.45, 2.75) is 6.61 Å². The van der Waals surface area contributed by atoms with Crippen LogP contribution in [-0.4, -0.2) is 31.0 Å². The van der Waals surface area contributed by atoms with E-state index in [1.54, 1.807) is 0 Å². The Balaban J connectivity index is 1.84. The number of hydrogen-bond acceptors (Lipinski definition) is 5. The van der Waals surface area contributed by atoms with Crippen molar-refractivity contribution in [2.24, 2.45) is 0 Å². The summed E-state index contributed by atoms with van der Waals surface area (Å²) in [5.74, 6) is -2.86. The molecule has 0 spiro atoms. The Labute approximate surface area is 157 Å². The van der Waals surface area contributed by atoms with Gasteiger partial charge < -0.3 is 9.47 Å². The summed E-state index contributed by atoms with van der Waals surface area (Å²) in [7, 11) is 0. The second-order valence-corrected chi connectivity index (χ2v) is 5.40. The van der Waals surface area contributed by atoms with E-state index in [2.05, 4.69) is 10.2 Å². The number of hydrogen-bond donors (Lipinski definition) is 2. The van der Waals surface area contributed by atoms with Gasteiger partial charge in [0.15, 0.2) is 6.61 Å². The van der Waals surface area contributed by atoms with Crippen LogP contribution >= 0.6 is 11.6 Å². The number of rotatable bonds is 6. The van der Waals surface area contributed by atoms with Gasteiger partial charge in [-0.3, -0.25) is 20.4 Å². The van der Waals surface area contributed by atoms with Crippen molar-refractivity contribution >= 4 is 29.4 Å². The third-order valence-corrected chi connectivity index (χ3v) is 3.33. The van der Waals surface area contributed by atoms with Gasteiger partial charge in [0.25, 0.3) is 11.8 Å². The molecule has 2 N–H and O–H groups in total. The normalized spacial score (nSPS) is 10.2. The lowest BCUT2D eigenvalue weighted by molar-refractivity contribution is -0.125. The number of esters is 1. The molecule has 2 aromatic rings. The minimum Gasteiger partial charge on any atom is -0.452 e. The van der Waals surface area contributed by atoms with E-state index in [-0.39, 0.29) is 16.9 Å². The molecular formula is C17H13ClF2N2O5. The number of nitrogens with one attached hydrogen (secondary N) is 2. The summed E-state index contributed by atoms with van der Waals surface area (Å²) in [4.78, 5) is 35.4. The van der Waals surface area contributed by atoms with Crippen molar-refractivity contribution in [3.63, 3.8) is 0 Å². The SMILES string of the molecule is O=C(COC(=O)c1ccccc1OC(F)F)NNC(=O)c1ccc(Cl)cc1. The van der Waals surface area contributed by atoms with E-state index >= 15 is 0 Å². The van der Waals surface area contributed by atoms with E-state index in [9.17, 15) is 23.2 Å². The molecule has 0 saturated carbocycles. The van der Waals surface area contributed by atoms with Crippen LogP contribution in [-0.2, 0) is 9.53 Å². The molecule has 10 heteroatoms. The van der Waals surface area contributed by atoms with Crippen molar-refractivity contribution in [2.75, 3.05) is 6.61 Å². The maximum Gasteiger partial charge on any atom is 0.387 e. The van der Waals surface area contributed by atoms with Crippen LogP contribution in [0.5, 0.6) is 5.75 Å². The van der Waals surface area contributed by atoms with Crippen LogP contribution in [0.2, 0.25) is 5.02 Å². The number of benzene rings is 2. The highest BCUT2D eigenvalue weighted by molar-refractivity contribution is 6.30. The summed E-state index contributed by atoms with van der Waals surface area (Å²) in [6, 6.07) is 11.1. The summed E-state index contributed by atoms with van der Waals surface area (Å²) in [5.41, 5.74) is 4.15. The molecule has 7 nitrogen and oxygen atoms in total. The van der Waals surface area contributed by atoms with E-state index in [1.165, 1.54) is 42.5 Å². The van der Waals surface area contributed by atoms with Gasteiger partial charge in [0.05, 0.1) is 0 Å². The summed E-state index contributed by atoms with van der Waals surface area (Å²) >= 11 is 5.70. The predicted octanol–water partition coefficient (Wildman–Crippen LogP) is 2.56.